The van der Waals surface area contributed by atoms with E-state index in [4.69, 9.17) is 10.5 Å². The molecule has 1 heterocycles. The molecule has 0 amide bonds. The molecule has 0 bridgehead atoms. The van der Waals surface area contributed by atoms with Crippen LogP contribution in [0, 0.1) is 0 Å². The number of hydrogen-bond donors (Lipinski definition) is 2. The van der Waals surface area contributed by atoms with Crippen LogP contribution in [0.2, 0.25) is 0 Å². The van der Waals surface area contributed by atoms with Gasteiger partial charge in [-0.1, -0.05) is 30.3 Å². The van der Waals surface area contributed by atoms with E-state index in [9.17, 15) is 4.79 Å². The molecule has 106 valence electrons. The SMILES string of the molecule is CCOC(c1ccccc1)c1nc(CCN)cc(=O)[nH]1. The summed E-state index contributed by atoms with van der Waals surface area (Å²) in [7, 11) is 0. The Labute approximate surface area is 117 Å². The highest BCUT2D eigenvalue weighted by atomic mass is 16.5. The van der Waals surface area contributed by atoms with Gasteiger partial charge >= 0.3 is 0 Å². The number of rotatable bonds is 6. The summed E-state index contributed by atoms with van der Waals surface area (Å²) < 4.78 is 5.74. The van der Waals surface area contributed by atoms with Crippen LogP contribution < -0.4 is 11.3 Å². The molecule has 1 aromatic heterocycles. The fourth-order valence-electron chi connectivity index (χ4n) is 2.06. The Hall–Kier alpha value is -1.98. The van der Waals surface area contributed by atoms with Crippen molar-refractivity contribution in [3.05, 3.63) is 63.8 Å². The van der Waals surface area contributed by atoms with Gasteiger partial charge in [-0.25, -0.2) is 4.98 Å². The van der Waals surface area contributed by atoms with Gasteiger partial charge in [0.05, 0.1) is 0 Å². The van der Waals surface area contributed by atoms with E-state index in [1.807, 2.05) is 37.3 Å². The number of nitrogens with one attached hydrogen (secondary N) is 1. The fourth-order valence-corrected chi connectivity index (χ4v) is 2.06. The molecule has 3 N–H and O–H groups in total. The van der Waals surface area contributed by atoms with Crippen molar-refractivity contribution in [2.45, 2.75) is 19.4 Å². The quantitative estimate of drug-likeness (QED) is 0.833. The Kier molecular flexibility index (Phi) is 5.03. The second-order valence-corrected chi connectivity index (χ2v) is 4.41. The van der Waals surface area contributed by atoms with Crippen molar-refractivity contribution in [2.24, 2.45) is 5.73 Å². The lowest BCUT2D eigenvalue weighted by molar-refractivity contribution is 0.0847. The highest BCUT2D eigenvalue weighted by molar-refractivity contribution is 5.23. The van der Waals surface area contributed by atoms with Gasteiger partial charge in [0.1, 0.15) is 11.9 Å². The van der Waals surface area contributed by atoms with Crippen molar-refractivity contribution in [1.29, 1.82) is 0 Å². The van der Waals surface area contributed by atoms with Gasteiger partial charge in [-0.05, 0) is 19.0 Å². The van der Waals surface area contributed by atoms with E-state index in [0.29, 0.717) is 31.1 Å². The molecule has 0 saturated carbocycles. The fraction of sp³-hybridized carbons (Fsp3) is 0.333. The second kappa shape index (κ2) is 6.98. The first kappa shape index (κ1) is 14.4. The normalized spacial score (nSPS) is 12.3. The molecule has 0 aliphatic heterocycles. The van der Waals surface area contributed by atoms with Gasteiger partial charge in [-0.3, -0.25) is 4.79 Å². The first-order chi connectivity index (χ1) is 9.74. The van der Waals surface area contributed by atoms with Crippen molar-refractivity contribution >= 4 is 0 Å². The summed E-state index contributed by atoms with van der Waals surface area (Å²) >= 11 is 0. The molecule has 5 nitrogen and oxygen atoms in total. The highest BCUT2D eigenvalue weighted by Crippen LogP contribution is 2.22. The monoisotopic (exact) mass is 273 g/mol. The smallest absolute Gasteiger partial charge is 0.251 e. The lowest BCUT2D eigenvalue weighted by Crippen LogP contribution is -2.19. The predicted octanol–water partition coefficient (Wildman–Crippen LogP) is 1.40. The molecule has 20 heavy (non-hydrogen) atoms. The average Bonchev–Trinajstić information content (AvgIpc) is 2.45. The number of aromatic amines is 1. The summed E-state index contributed by atoms with van der Waals surface area (Å²) in [5.74, 6) is 0.522. The van der Waals surface area contributed by atoms with Crippen molar-refractivity contribution in [2.75, 3.05) is 13.2 Å². The van der Waals surface area contributed by atoms with E-state index < -0.39 is 0 Å². The van der Waals surface area contributed by atoms with E-state index in [1.165, 1.54) is 6.07 Å². The van der Waals surface area contributed by atoms with Gasteiger partial charge in [0, 0.05) is 24.8 Å². The van der Waals surface area contributed by atoms with Gasteiger partial charge in [0.25, 0.3) is 5.56 Å². The summed E-state index contributed by atoms with van der Waals surface area (Å²) in [4.78, 5) is 18.9. The van der Waals surface area contributed by atoms with E-state index in [0.717, 1.165) is 5.56 Å². The number of ether oxygens (including phenoxy) is 1. The molecular weight excluding hydrogens is 254 g/mol. The first-order valence-corrected chi connectivity index (χ1v) is 6.71. The van der Waals surface area contributed by atoms with Crippen LogP contribution in [0.15, 0.2) is 41.2 Å². The Balaban J connectivity index is 2.41. The van der Waals surface area contributed by atoms with Gasteiger partial charge < -0.3 is 15.5 Å². The Morgan fingerprint density at radius 3 is 2.75 bits per heavy atom. The highest BCUT2D eigenvalue weighted by Gasteiger charge is 2.17. The van der Waals surface area contributed by atoms with E-state index in [2.05, 4.69) is 9.97 Å². The summed E-state index contributed by atoms with van der Waals surface area (Å²) in [6, 6.07) is 11.2. The Morgan fingerprint density at radius 2 is 2.10 bits per heavy atom. The van der Waals surface area contributed by atoms with Crippen LogP contribution in [0.5, 0.6) is 0 Å². The van der Waals surface area contributed by atoms with Gasteiger partial charge in [-0.15, -0.1) is 0 Å². The van der Waals surface area contributed by atoms with E-state index in [-0.39, 0.29) is 11.7 Å². The van der Waals surface area contributed by atoms with Crippen LogP contribution >= 0.6 is 0 Å². The molecule has 5 heteroatoms. The molecule has 2 aromatic rings. The largest absolute Gasteiger partial charge is 0.366 e. The van der Waals surface area contributed by atoms with Crippen molar-refractivity contribution in [1.82, 2.24) is 9.97 Å². The standard InChI is InChI=1S/C15H19N3O2/c1-2-20-14(11-6-4-3-5-7-11)15-17-12(8-9-16)10-13(19)18-15/h3-7,10,14H,2,8-9,16H2,1H3,(H,17,18,19). The third-order valence-electron chi connectivity index (χ3n) is 2.90. The minimum absolute atomic E-state index is 0.181. The van der Waals surface area contributed by atoms with Crippen LogP contribution in [0.3, 0.4) is 0 Å². The van der Waals surface area contributed by atoms with Crippen LogP contribution in [-0.2, 0) is 11.2 Å². The zero-order valence-corrected chi connectivity index (χ0v) is 11.5. The molecule has 0 aliphatic carbocycles. The maximum absolute atomic E-state index is 11.7. The zero-order valence-electron chi connectivity index (χ0n) is 11.5. The maximum atomic E-state index is 11.7. The number of aromatic nitrogens is 2. The van der Waals surface area contributed by atoms with Crippen molar-refractivity contribution < 1.29 is 4.74 Å². The van der Waals surface area contributed by atoms with Gasteiger partial charge in [0.15, 0.2) is 0 Å². The topological polar surface area (TPSA) is 81.0 Å². The molecule has 1 unspecified atom stereocenters. The van der Waals surface area contributed by atoms with E-state index in [1.54, 1.807) is 0 Å². The molecule has 0 spiro atoms. The lowest BCUT2D eigenvalue weighted by atomic mass is 10.1. The number of hydrogen-bond acceptors (Lipinski definition) is 4. The summed E-state index contributed by atoms with van der Waals surface area (Å²) in [6.07, 6.45) is 0.205. The predicted molar refractivity (Wildman–Crippen MR) is 77.5 cm³/mol. The summed E-state index contributed by atoms with van der Waals surface area (Å²) in [6.45, 7) is 2.91. The molecular formula is C15H19N3O2. The molecule has 0 radical (unpaired) electrons. The van der Waals surface area contributed by atoms with Crippen LogP contribution in [0.1, 0.15) is 30.1 Å². The van der Waals surface area contributed by atoms with Gasteiger partial charge in [-0.2, -0.15) is 0 Å². The van der Waals surface area contributed by atoms with Crippen LogP contribution in [0.4, 0.5) is 0 Å². The third kappa shape index (κ3) is 3.53. The second-order valence-electron chi connectivity index (χ2n) is 4.41. The third-order valence-corrected chi connectivity index (χ3v) is 2.90. The zero-order chi connectivity index (χ0) is 14.4. The number of nitrogens with zero attached hydrogens (tertiary/aromatic N) is 1. The number of H-pyrrole nitrogens is 1. The molecule has 0 fully saturated rings. The minimum atomic E-state index is -0.369. The van der Waals surface area contributed by atoms with Gasteiger partial charge in [0.2, 0.25) is 0 Å². The number of nitrogens with two attached hydrogens (primary N) is 1. The minimum Gasteiger partial charge on any atom is -0.366 e. The Bertz CT molecular complexity index is 596. The first-order valence-electron chi connectivity index (χ1n) is 6.71. The summed E-state index contributed by atoms with van der Waals surface area (Å²) in [5, 5.41) is 0. The summed E-state index contributed by atoms with van der Waals surface area (Å²) in [5.41, 5.74) is 6.99. The molecule has 2 rings (SSSR count). The number of benzene rings is 1. The van der Waals surface area contributed by atoms with Crippen LogP contribution in [-0.4, -0.2) is 23.1 Å². The van der Waals surface area contributed by atoms with E-state index >= 15 is 0 Å². The molecule has 0 saturated heterocycles. The maximum Gasteiger partial charge on any atom is 0.251 e. The molecule has 0 aliphatic rings. The van der Waals surface area contributed by atoms with Crippen molar-refractivity contribution in [3.63, 3.8) is 0 Å². The molecule has 1 aromatic carbocycles. The van der Waals surface area contributed by atoms with Crippen LogP contribution in [0.25, 0.3) is 0 Å². The lowest BCUT2D eigenvalue weighted by Gasteiger charge is -2.17. The average molecular weight is 273 g/mol. The van der Waals surface area contributed by atoms with Crippen molar-refractivity contribution in [3.8, 4) is 0 Å². The Morgan fingerprint density at radius 1 is 1.35 bits per heavy atom. The molecule has 1 atom stereocenters.